The summed E-state index contributed by atoms with van der Waals surface area (Å²) in [5.41, 5.74) is 2.69. The average Bonchev–Trinajstić information content (AvgIpc) is 2.86. The molecule has 8 nitrogen and oxygen atoms in total. The molecule has 9 heteroatoms. The SMILES string of the molecule is CO[C@H](Cc1ccc(N(C/C=C/c2ccc(OS(C)(=O)=O)cc2)C(=O)c2ccccc2)cc1)C(=O)[O-]. The minimum atomic E-state index is -3.60. The van der Waals surface area contributed by atoms with E-state index in [2.05, 4.69) is 0 Å². The van der Waals surface area contributed by atoms with Crippen molar-refractivity contribution in [3.8, 4) is 5.75 Å². The summed E-state index contributed by atoms with van der Waals surface area (Å²) in [5.74, 6) is -1.28. The van der Waals surface area contributed by atoms with Crippen LogP contribution in [-0.4, -0.2) is 46.3 Å². The summed E-state index contributed by atoms with van der Waals surface area (Å²) in [5, 5.41) is 11.1. The van der Waals surface area contributed by atoms with E-state index in [0.29, 0.717) is 11.3 Å². The Morgan fingerprint density at radius 1 is 0.972 bits per heavy atom. The Hall–Kier alpha value is -3.95. The summed E-state index contributed by atoms with van der Waals surface area (Å²) in [6, 6.07) is 22.4. The molecule has 0 aliphatic rings. The second kappa shape index (κ2) is 12.1. The number of benzene rings is 3. The molecule has 3 aromatic carbocycles. The third-order valence-corrected chi connectivity index (χ3v) is 5.70. The van der Waals surface area contributed by atoms with Crippen LogP contribution in [0.3, 0.4) is 0 Å². The molecule has 0 fully saturated rings. The van der Waals surface area contributed by atoms with Crippen molar-refractivity contribution in [3.63, 3.8) is 0 Å². The number of hydrogen-bond acceptors (Lipinski definition) is 7. The molecule has 0 radical (unpaired) electrons. The molecule has 0 aliphatic carbocycles. The molecule has 0 N–H and O–H groups in total. The first-order valence-electron chi connectivity index (χ1n) is 11.0. The lowest BCUT2D eigenvalue weighted by Crippen LogP contribution is -2.38. The number of aliphatic carboxylic acids is 1. The number of methoxy groups -OCH3 is 1. The quantitative estimate of drug-likeness (QED) is 0.366. The van der Waals surface area contributed by atoms with Gasteiger partial charge < -0.3 is 23.7 Å². The molecular formula is C27H26NO7S-. The molecule has 1 atom stereocenters. The number of nitrogens with zero attached hydrogens (tertiary/aromatic N) is 1. The average molecular weight is 509 g/mol. The molecule has 188 valence electrons. The van der Waals surface area contributed by atoms with Gasteiger partial charge in [-0.15, -0.1) is 0 Å². The molecule has 1 amide bonds. The molecule has 0 aliphatic heterocycles. The largest absolute Gasteiger partial charge is 0.547 e. The van der Waals surface area contributed by atoms with Crippen LogP contribution in [0.5, 0.6) is 5.75 Å². The zero-order valence-corrected chi connectivity index (χ0v) is 20.7. The third kappa shape index (κ3) is 7.79. The Morgan fingerprint density at radius 3 is 2.17 bits per heavy atom. The first-order chi connectivity index (χ1) is 17.2. The monoisotopic (exact) mass is 508 g/mol. The smallest absolute Gasteiger partial charge is 0.306 e. The van der Waals surface area contributed by atoms with Crippen LogP contribution in [0.1, 0.15) is 21.5 Å². The lowest BCUT2D eigenvalue weighted by molar-refractivity contribution is -0.315. The molecule has 0 spiro atoms. The van der Waals surface area contributed by atoms with E-state index >= 15 is 0 Å². The molecule has 0 saturated heterocycles. The van der Waals surface area contributed by atoms with Gasteiger partial charge in [0.1, 0.15) is 11.9 Å². The fraction of sp³-hybridized carbons (Fsp3) is 0.185. The van der Waals surface area contributed by atoms with Crippen molar-refractivity contribution in [2.24, 2.45) is 0 Å². The summed E-state index contributed by atoms with van der Waals surface area (Å²) < 4.78 is 32.3. The number of carbonyl (C=O) groups excluding carboxylic acids is 2. The fourth-order valence-corrected chi connectivity index (χ4v) is 3.90. The Morgan fingerprint density at radius 2 is 1.61 bits per heavy atom. The van der Waals surface area contributed by atoms with Crippen LogP contribution in [-0.2, 0) is 26.1 Å². The van der Waals surface area contributed by atoms with Gasteiger partial charge in [-0.3, -0.25) is 4.79 Å². The van der Waals surface area contributed by atoms with Crippen LogP contribution >= 0.6 is 0 Å². The minimum absolute atomic E-state index is 0.144. The number of hydrogen-bond donors (Lipinski definition) is 0. The van der Waals surface area contributed by atoms with Crippen LogP contribution in [0.25, 0.3) is 6.08 Å². The van der Waals surface area contributed by atoms with Crippen molar-refractivity contribution in [2.75, 3.05) is 24.8 Å². The molecule has 3 aromatic rings. The van der Waals surface area contributed by atoms with Crippen molar-refractivity contribution in [3.05, 3.63) is 102 Å². The van der Waals surface area contributed by atoms with Crippen LogP contribution < -0.4 is 14.2 Å². The van der Waals surface area contributed by atoms with Crippen molar-refractivity contribution in [1.29, 1.82) is 0 Å². The van der Waals surface area contributed by atoms with Gasteiger partial charge in [0, 0.05) is 31.3 Å². The molecular weight excluding hydrogens is 482 g/mol. The van der Waals surface area contributed by atoms with E-state index in [1.165, 1.54) is 7.11 Å². The van der Waals surface area contributed by atoms with Gasteiger partial charge >= 0.3 is 10.1 Å². The highest BCUT2D eigenvalue weighted by Crippen LogP contribution is 2.20. The number of anilines is 1. The second-order valence-corrected chi connectivity index (χ2v) is 9.53. The fourth-order valence-electron chi connectivity index (χ4n) is 3.43. The Balaban J connectivity index is 1.79. The van der Waals surface area contributed by atoms with E-state index in [9.17, 15) is 23.1 Å². The maximum Gasteiger partial charge on any atom is 0.306 e. The van der Waals surface area contributed by atoms with E-state index in [4.69, 9.17) is 8.92 Å². The van der Waals surface area contributed by atoms with Crippen molar-refractivity contribution < 1.29 is 32.0 Å². The van der Waals surface area contributed by atoms with Crippen molar-refractivity contribution in [1.82, 2.24) is 0 Å². The number of amides is 1. The van der Waals surface area contributed by atoms with E-state index < -0.39 is 22.2 Å². The maximum atomic E-state index is 13.3. The zero-order chi connectivity index (χ0) is 26.1. The molecule has 0 heterocycles. The molecule has 36 heavy (non-hydrogen) atoms. The molecule has 0 unspecified atom stereocenters. The Labute approximate surface area is 210 Å². The topological polar surface area (TPSA) is 113 Å². The van der Waals surface area contributed by atoms with Crippen LogP contribution in [0.2, 0.25) is 0 Å². The molecule has 0 saturated carbocycles. The van der Waals surface area contributed by atoms with E-state index in [0.717, 1.165) is 17.4 Å². The highest BCUT2D eigenvalue weighted by atomic mass is 32.2. The summed E-state index contributed by atoms with van der Waals surface area (Å²) in [6.07, 6.45) is 3.69. The maximum absolute atomic E-state index is 13.3. The normalized spacial score (nSPS) is 12.3. The van der Waals surface area contributed by atoms with Crippen LogP contribution in [0.15, 0.2) is 84.9 Å². The van der Waals surface area contributed by atoms with Crippen molar-refractivity contribution >= 4 is 33.8 Å². The standard InChI is InChI=1S/C27H27NO7S/c1-34-25(27(30)31)19-21-10-14-23(15-11-21)28(26(29)22-8-4-3-5-9-22)18-6-7-20-12-16-24(17-13-20)35-36(2,32)33/h3-17,25H,18-19H2,1-2H3,(H,30,31)/p-1/b7-6+/t25-/m1/s1. The van der Waals surface area contributed by atoms with Crippen LogP contribution in [0, 0.1) is 0 Å². The highest BCUT2D eigenvalue weighted by molar-refractivity contribution is 7.86. The number of carboxylic acid groups (broad SMARTS) is 1. The van der Waals surface area contributed by atoms with Gasteiger partial charge in [-0.2, -0.15) is 8.42 Å². The predicted octanol–water partition coefficient (Wildman–Crippen LogP) is 2.69. The number of ether oxygens (including phenoxy) is 1. The third-order valence-electron chi connectivity index (χ3n) is 5.21. The first-order valence-corrected chi connectivity index (χ1v) is 12.8. The molecule has 3 rings (SSSR count). The lowest BCUT2D eigenvalue weighted by atomic mass is 10.1. The first kappa shape index (κ1) is 26.7. The number of rotatable bonds is 11. The lowest BCUT2D eigenvalue weighted by Gasteiger charge is -2.22. The van der Waals surface area contributed by atoms with Crippen LogP contribution in [0.4, 0.5) is 5.69 Å². The van der Waals surface area contributed by atoms with Gasteiger partial charge in [-0.25, -0.2) is 0 Å². The van der Waals surface area contributed by atoms with Gasteiger partial charge in [0.25, 0.3) is 5.91 Å². The van der Waals surface area contributed by atoms with Gasteiger partial charge in [-0.05, 0) is 47.5 Å². The van der Waals surface area contributed by atoms with E-state index in [1.54, 1.807) is 77.7 Å². The zero-order valence-electron chi connectivity index (χ0n) is 19.9. The molecule has 0 bridgehead atoms. The van der Waals surface area contributed by atoms with E-state index in [-0.39, 0.29) is 24.6 Å². The summed E-state index contributed by atoms with van der Waals surface area (Å²) in [7, 11) is -2.29. The Kier molecular flexibility index (Phi) is 8.99. The summed E-state index contributed by atoms with van der Waals surface area (Å²) >= 11 is 0. The molecule has 0 aromatic heterocycles. The predicted molar refractivity (Wildman–Crippen MR) is 135 cm³/mol. The van der Waals surface area contributed by atoms with Gasteiger partial charge in [-0.1, -0.05) is 54.6 Å². The Bertz CT molecular complexity index is 1300. The van der Waals surface area contributed by atoms with Gasteiger partial charge in [0.05, 0.1) is 12.2 Å². The van der Waals surface area contributed by atoms with Gasteiger partial charge in [0.2, 0.25) is 0 Å². The van der Waals surface area contributed by atoms with Gasteiger partial charge in [0.15, 0.2) is 0 Å². The highest BCUT2D eigenvalue weighted by Gasteiger charge is 2.17. The second-order valence-electron chi connectivity index (χ2n) is 7.95. The summed E-state index contributed by atoms with van der Waals surface area (Å²) in [4.78, 5) is 26.0. The number of carboxylic acids is 1. The summed E-state index contributed by atoms with van der Waals surface area (Å²) in [6.45, 7) is 0.258. The number of carbonyl (C=O) groups is 2. The van der Waals surface area contributed by atoms with E-state index in [1.807, 2.05) is 18.2 Å². The van der Waals surface area contributed by atoms with Crippen molar-refractivity contribution in [2.45, 2.75) is 12.5 Å². The minimum Gasteiger partial charge on any atom is -0.547 e.